The van der Waals surface area contributed by atoms with Crippen LogP contribution in [0.25, 0.3) is 6.08 Å². The van der Waals surface area contributed by atoms with E-state index in [1.54, 1.807) is 11.2 Å². The molecule has 1 unspecified atom stereocenters. The van der Waals surface area contributed by atoms with Crippen molar-refractivity contribution in [3.63, 3.8) is 0 Å². The number of aliphatic carboxylic acids is 1. The van der Waals surface area contributed by atoms with Crippen LogP contribution in [0.4, 0.5) is 0 Å². The molecular formula is C19H26N2O4. The minimum absolute atomic E-state index is 0.0378. The molecule has 25 heavy (non-hydrogen) atoms. The van der Waals surface area contributed by atoms with Crippen molar-refractivity contribution >= 4 is 18.0 Å². The maximum atomic E-state index is 11.8. The van der Waals surface area contributed by atoms with Gasteiger partial charge in [0.25, 0.3) is 0 Å². The monoisotopic (exact) mass is 346 g/mol. The van der Waals surface area contributed by atoms with Crippen molar-refractivity contribution in [1.82, 2.24) is 9.80 Å². The van der Waals surface area contributed by atoms with E-state index in [1.807, 2.05) is 12.1 Å². The first-order chi connectivity index (χ1) is 11.9. The normalized spacial score (nSPS) is 24.0. The highest BCUT2D eigenvalue weighted by molar-refractivity contribution is 5.83. The molecule has 2 saturated heterocycles. The lowest BCUT2D eigenvalue weighted by Crippen LogP contribution is -2.42. The summed E-state index contributed by atoms with van der Waals surface area (Å²) in [6.07, 6.45) is 6.18. The van der Waals surface area contributed by atoms with Crippen molar-refractivity contribution in [2.24, 2.45) is 5.41 Å². The van der Waals surface area contributed by atoms with Crippen LogP contribution in [0.3, 0.4) is 0 Å². The number of piperidine rings is 1. The van der Waals surface area contributed by atoms with Gasteiger partial charge < -0.3 is 14.4 Å². The largest absolute Gasteiger partial charge is 0.480 e. The molecule has 1 N–H and O–H groups in total. The minimum atomic E-state index is -0.883. The molecule has 3 rings (SSSR count). The zero-order valence-corrected chi connectivity index (χ0v) is 14.9. The van der Waals surface area contributed by atoms with Crippen LogP contribution in [0, 0.1) is 5.41 Å². The summed E-state index contributed by atoms with van der Waals surface area (Å²) in [7, 11) is 0. The average Bonchev–Trinajstić information content (AvgIpc) is 3.18. The number of rotatable bonds is 4. The van der Waals surface area contributed by atoms with Crippen LogP contribution in [0.15, 0.2) is 28.4 Å². The fourth-order valence-electron chi connectivity index (χ4n) is 4.17. The third-order valence-electron chi connectivity index (χ3n) is 5.52. The predicted octanol–water partition coefficient (Wildman–Crippen LogP) is 2.47. The quantitative estimate of drug-likeness (QED) is 0.906. The van der Waals surface area contributed by atoms with Crippen LogP contribution in [0.5, 0.6) is 0 Å². The third-order valence-corrected chi connectivity index (χ3v) is 5.52. The van der Waals surface area contributed by atoms with Crippen LogP contribution in [0.1, 0.15) is 38.9 Å². The van der Waals surface area contributed by atoms with Crippen LogP contribution in [-0.2, 0) is 9.59 Å². The number of hydrogen-bond acceptors (Lipinski definition) is 4. The molecule has 1 spiro atoms. The number of carboxylic acid groups (broad SMARTS) is 1. The summed E-state index contributed by atoms with van der Waals surface area (Å²) in [6.45, 7) is 6.89. The van der Waals surface area contributed by atoms with Gasteiger partial charge in [-0.05, 0) is 62.9 Å². The lowest BCUT2D eigenvalue weighted by atomic mass is 9.76. The molecule has 2 aliphatic heterocycles. The smallest absolute Gasteiger partial charge is 0.326 e. The first kappa shape index (κ1) is 17.7. The van der Waals surface area contributed by atoms with Gasteiger partial charge in [-0.3, -0.25) is 9.69 Å². The second-order valence-electron chi connectivity index (χ2n) is 7.49. The molecule has 6 nitrogen and oxygen atoms in total. The van der Waals surface area contributed by atoms with Crippen molar-refractivity contribution in [2.75, 3.05) is 26.2 Å². The van der Waals surface area contributed by atoms with Gasteiger partial charge in [0.15, 0.2) is 0 Å². The molecule has 0 radical (unpaired) electrons. The second-order valence-corrected chi connectivity index (χ2v) is 7.49. The maximum absolute atomic E-state index is 11.8. The number of carbonyl (C=O) groups excluding carboxylic acids is 1. The number of amides is 1. The molecule has 2 aliphatic rings. The molecule has 2 fully saturated rings. The fraction of sp³-hybridized carbons (Fsp3) is 0.579. The van der Waals surface area contributed by atoms with E-state index in [4.69, 9.17) is 4.42 Å². The van der Waals surface area contributed by atoms with Crippen LogP contribution >= 0.6 is 0 Å². The van der Waals surface area contributed by atoms with Crippen molar-refractivity contribution in [1.29, 1.82) is 0 Å². The molecule has 6 heteroatoms. The van der Waals surface area contributed by atoms with Gasteiger partial charge in [0.05, 0.1) is 6.26 Å². The summed E-state index contributed by atoms with van der Waals surface area (Å²) >= 11 is 0. The number of likely N-dealkylation sites (tertiary alicyclic amines) is 2. The minimum Gasteiger partial charge on any atom is -0.480 e. The van der Waals surface area contributed by atoms with Crippen LogP contribution in [-0.4, -0.2) is 59.0 Å². The zero-order chi connectivity index (χ0) is 18.0. The zero-order valence-electron chi connectivity index (χ0n) is 14.9. The summed E-state index contributed by atoms with van der Waals surface area (Å²) in [5.74, 6) is -0.154. The van der Waals surface area contributed by atoms with Crippen molar-refractivity contribution in [3.05, 3.63) is 29.7 Å². The summed E-state index contributed by atoms with van der Waals surface area (Å²) in [6, 6.07) is 3.16. The molecule has 0 saturated carbocycles. The van der Waals surface area contributed by atoms with E-state index in [0.29, 0.717) is 13.0 Å². The topological polar surface area (TPSA) is 74.0 Å². The Bertz CT molecular complexity index is 633. The van der Waals surface area contributed by atoms with Crippen molar-refractivity contribution < 1.29 is 19.1 Å². The van der Waals surface area contributed by atoms with Gasteiger partial charge in [-0.25, -0.2) is 4.79 Å². The number of carbonyl (C=O) groups is 2. The Morgan fingerprint density at radius 2 is 2.08 bits per heavy atom. The second kappa shape index (κ2) is 7.04. The number of furan rings is 1. The Hall–Kier alpha value is -2.08. The number of nitrogens with zero attached hydrogens (tertiary/aromatic N) is 2. The fourth-order valence-corrected chi connectivity index (χ4v) is 4.17. The number of hydrogen-bond donors (Lipinski definition) is 1. The van der Waals surface area contributed by atoms with Gasteiger partial charge in [0.2, 0.25) is 5.91 Å². The first-order valence-electron chi connectivity index (χ1n) is 8.82. The van der Waals surface area contributed by atoms with E-state index in [0.717, 1.165) is 38.2 Å². The average molecular weight is 346 g/mol. The molecule has 0 aliphatic carbocycles. The van der Waals surface area contributed by atoms with Gasteiger partial charge >= 0.3 is 5.97 Å². The van der Waals surface area contributed by atoms with E-state index in [2.05, 4.69) is 17.9 Å². The SMILES string of the molecule is CC(=O)N1CC2(CCN(CC(C)=Cc3ccco3)CC2)CC1C(=O)O. The summed E-state index contributed by atoms with van der Waals surface area (Å²) in [5.41, 5.74) is 1.20. The lowest BCUT2D eigenvalue weighted by Gasteiger charge is -2.39. The molecule has 1 atom stereocenters. The van der Waals surface area contributed by atoms with E-state index in [1.165, 1.54) is 12.5 Å². The van der Waals surface area contributed by atoms with Crippen LogP contribution < -0.4 is 0 Å². The van der Waals surface area contributed by atoms with E-state index < -0.39 is 12.0 Å². The lowest BCUT2D eigenvalue weighted by molar-refractivity contribution is -0.147. The van der Waals surface area contributed by atoms with Gasteiger partial charge in [0, 0.05) is 20.0 Å². The Morgan fingerprint density at radius 1 is 1.36 bits per heavy atom. The van der Waals surface area contributed by atoms with Crippen molar-refractivity contribution in [2.45, 2.75) is 39.2 Å². The molecule has 1 aromatic heterocycles. The standard InChI is InChI=1S/C19H26N2O4/c1-14(10-16-4-3-9-25-16)12-20-7-5-19(6-8-20)11-17(18(23)24)21(13-19)15(2)22/h3-4,9-10,17H,5-8,11-13H2,1-2H3,(H,23,24). The Labute approximate surface area is 148 Å². The maximum Gasteiger partial charge on any atom is 0.326 e. The van der Waals surface area contributed by atoms with E-state index in [9.17, 15) is 14.7 Å². The number of carboxylic acids is 1. The van der Waals surface area contributed by atoms with Gasteiger partial charge in [0.1, 0.15) is 11.8 Å². The highest BCUT2D eigenvalue weighted by atomic mass is 16.4. The highest BCUT2D eigenvalue weighted by Crippen LogP contribution is 2.43. The van der Waals surface area contributed by atoms with E-state index in [-0.39, 0.29) is 11.3 Å². The Morgan fingerprint density at radius 3 is 2.60 bits per heavy atom. The van der Waals surface area contributed by atoms with Gasteiger partial charge in [-0.15, -0.1) is 0 Å². The van der Waals surface area contributed by atoms with Gasteiger partial charge in [-0.2, -0.15) is 0 Å². The molecule has 136 valence electrons. The molecule has 3 heterocycles. The summed E-state index contributed by atoms with van der Waals surface area (Å²) < 4.78 is 5.35. The molecular weight excluding hydrogens is 320 g/mol. The first-order valence-corrected chi connectivity index (χ1v) is 8.82. The highest BCUT2D eigenvalue weighted by Gasteiger charge is 2.48. The molecule has 1 aromatic rings. The molecule has 0 aromatic carbocycles. The molecule has 0 bridgehead atoms. The predicted molar refractivity (Wildman–Crippen MR) is 93.9 cm³/mol. The van der Waals surface area contributed by atoms with Crippen LogP contribution in [0.2, 0.25) is 0 Å². The van der Waals surface area contributed by atoms with E-state index >= 15 is 0 Å². The summed E-state index contributed by atoms with van der Waals surface area (Å²) in [4.78, 5) is 27.2. The third kappa shape index (κ3) is 3.95. The Balaban J connectivity index is 1.58. The van der Waals surface area contributed by atoms with Crippen molar-refractivity contribution in [3.8, 4) is 0 Å². The Kier molecular flexibility index (Phi) is 4.99. The van der Waals surface area contributed by atoms with Gasteiger partial charge in [-0.1, -0.05) is 5.57 Å². The molecule has 1 amide bonds. The summed E-state index contributed by atoms with van der Waals surface area (Å²) in [5, 5.41) is 9.42.